The maximum Gasteiger partial charge on any atom is 0.0562 e. The second-order valence-electron chi connectivity index (χ2n) is 7.23. The number of aromatic nitrogens is 2. The molecule has 5 heteroatoms. The van der Waals surface area contributed by atoms with Crippen molar-refractivity contribution in [2.45, 2.75) is 13.0 Å². The van der Waals surface area contributed by atoms with Crippen LogP contribution in [0.3, 0.4) is 0 Å². The number of anilines is 3. The standard InChI is InChI=1S/C24H27N5/c1-25-16-22-15-21(12-14-27-22)28-20-9-7-19(8-10-20)26-13-11-18-17-29(2)24-6-4-3-5-23(18)24/h3-10,12,14-15,17,25-26H,11,13,16H2,1-2H3,(H,27,28). The lowest BCUT2D eigenvalue weighted by Gasteiger charge is -2.10. The fourth-order valence-corrected chi connectivity index (χ4v) is 3.64. The number of aryl methyl sites for hydroxylation is 1. The van der Waals surface area contributed by atoms with Gasteiger partial charge in [0.15, 0.2) is 0 Å². The highest BCUT2D eigenvalue weighted by Gasteiger charge is 2.05. The minimum Gasteiger partial charge on any atom is -0.385 e. The van der Waals surface area contributed by atoms with Crippen molar-refractivity contribution in [1.82, 2.24) is 14.9 Å². The highest BCUT2D eigenvalue weighted by Crippen LogP contribution is 2.22. The minimum atomic E-state index is 0.759. The van der Waals surface area contributed by atoms with Crippen molar-refractivity contribution in [3.63, 3.8) is 0 Å². The van der Waals surface area contributed by atoms with Crippen LogP contribution in [0.1, 0.15) is 11.3 Å². The Morgan fingerprint density at radius 3 is 2.55 bits per heavy atom. The van der Waals surface area contributed by atoms with E-state index >= 15 is 0 Å². The number of nitrogens with zero attached hydrogens (tertiary/aromatic N) is 2. The zero-order valence-electron chi connectivity index (χ0n) is 16.9. The molecule has 0 bridgehead atoms. The van der Waals surface area contributed by atoms with Crippen molar-refractivity contribution in [3.8, 4) is 0 Å². The molecule has 0 saturated carbocycles. The van der Waals surface area contributed by atoms with Gasteiger partial charge in [-0.3, -0.25) is 4.98 Å². The van der Waals surface area contributed by atoms with E-state index in [1.54, 1.807) is 0 Å². The lowest BCUT2D eigenvalue weighted by Crippen LogP contribution is -2.07. The summed E-state index contributed by atoms with van der Waals surface area (Å²) < 4.78 is 2.20. The number of fused-ring (bicyclic) bond motifs is 1. The fourth-order valence-electron chi connectivity index (χ4n) is 3.64. The zero-order valence-corrected chi connectivity index (χ0v) is 16.9. The molecule has 2 aromatic heterocycles. The summed E-state index contributed by atoms with van der Waals surface area (Å²) in [6.45, 7) is 1.66. The molecule has 0 aliphatic carbocycles. The Balaban J connectivity index is 1.34. The summed E-state index contributed by atoms with van der Waals surface area (Å²) in [5, 5.41) is 11.4. The molecule has 2 heterocycles. The van der Waals surface area contributed by atoms with Crippen LogP contribution < -0.4 is 16.0 Å². The summed E-state index contributed by atoms with van der Waals surface area (Å²) in [4.78, 5) is 4.35. The molecule has 0 amide bonds. The summed E-state index contributed by atoms with van der Waals surface area (Å²) in [6, 6.07) is 21.0. The number of benzene rings is 2. The predicted molar refractivity (Wildman–Crippen MR) is 122 cm³/mol. The smallest absolute Gasteiger partial charge is 0.0562 e. The van der Waals surface area contributed by atoms with E-state index in [1.807, 2.05) is 19.3 Å². The van der Waals surface area contributed by atoms with Crippen LogP contribution in [-0.2, 0) is 20.0 Å². The average molecular weight is 386 g/mol. The quantitative estimate of drug-likeness (QED) is 0.412. The van der Waals surface area contributed by atoms with Gasteiger partial charge in [-0.2, -0.15) is 0 Å². The summed E-state index contributed by atoms with van der Waals surface area (Å²) in [7, 11) is 4.03. The molecule has 148 valence electrons. The van der Waals surface area contributed by atoms with Crippen molar-refractivity contribution < 1.29 is 0 Å². The molecular formula is C24H27N5. The monoisotopic (exact) mass is 385 g/mol. The Kier molecular flexibility index (Phi) is 5.77. The molecule has 0 unspecified atom stereocenters. The van der Waals surface area contributed by atoms with E-state index < -0.39 is 0 Å². The molecule has 0 radical (unpaired) electrons. The van der Waals surface area contributed by atoms with Gasteiger partial charge in [0.2, 0.25) is 0 Å². The van der Waals surface area contributed by atoms with Crippen molar-refractivity contribution >= 4 is 28.0 Å². The molecule has 4 rings (SSSR count). The van der Waals surface area contributed by atoms with E-state index in [-0.39, 0.29) is 0 Å². The van der Waals surface area contributed by atoms with Crippen LogP contribution >= 0.6 is 0 Å². The summed E-state index contributed by atoms with van der Waals surface area (Å²) in [5.41, 5.74) is 6.91. The number of hydrogen-bond donors (Lipinski definition) is 3. The van der Waals surface area contributed by atoms with Gasteiger partial charge in [-0.25, -0.2) is 0 Å². The van der Waals surface area contributed by atoms with Gasteiger partial charge in [-0.15, -0.1) is 0 Å². The summed E-state index contributed by atoms with van der Waals surface area (Å²) >= 11 is 0. The maximum absolute atomic E-state index is 4.35. The normalized spacial score (nSPS) is 11.0. The van der Waals surface area contributed by atoms with E-state index in [9.17, 15) is 0 Å². The molecule has 0 aliphatic heterocycles. The van der Waals surface area contributed by atoms with Crippen LogP contribution in [0.4, 0.5) is 17.1 Å². The average Bonchev–Trinajstić information content (AvgIpc) is 3.06. The molecule has 3 N–H and O–H groups in total. The van der Waals surface area contributed by atoms with E-state index in [2.05, 4.69) is 93.3 Å². The molecule has 0 saturated heterocycles. The molecule has 0 spiro atoms. The highest BCUT2D eigenvalue weighted by atomic mass is 14.9. The van der Waals surface area contributed by atoms with Gasteiger partial charge >= 0.3 is 0 Å². The van der Waals surface area contributed by atoms with Crippen LogP contribution in [0.5, 0.6) is 0 Å². The maximum atomic E-state index is 4.35. The Morgan fingerprint density at radius 2 is 1.72 bits per heavy atom. The van der Waals surface area contributed by atoms with E-state index in [0.29, 0.717) is 0 Å². The summed E-state index contributed by atoms with van der Waals surface area (Å²) in [5.74, 6) is 0. The van der Waals surface area contributed by atoms with Crippen LogP contribution in [0.2, 0.25) is 0 Å². The fraction of sp³-hybridized carbons (Fsp3) is 0.208. The van der Waals surface area contributed by atoms with Gasteiger partial charge in [0, 0.05) is 60.5 Å². The number of rotatable bonds is 8. The van der Waals surface area contributed by atoms with Crippen LogP contribution in [-0.4, -0.2) is 23.1 Å². The molecule has 29 heavy (non-hydrogen) atoms. The third-order valence-electron chi connectivity index (χ3n) is 5.05. The Bertz CT molecular complexity index is 1080. The summed E-state index contributed by atoms with van der Waals surface area (Å²) in [6.07, 6.45) is 5.06. The minimum absolute atomic E-state index is 0.759. The van der Waals surface area contributed by atoms with E-state index in [0.717, 1.165) is 42.3 Å². The Morgan fingerprint density at radius 1 is 0.931 bits per heavy atom. The van der Waals surface area contributed by atoms with Gasteiger partial charge in [-0.05, 0) is 61.5 Å². The van der Waals surface area contributed by atoms with Gasteiger partial charge < -0.3 is 20.5 Å². The number of pyridine rings is 1. The second-order valence-corrected chi connectivity index (χ2v) is 7.23. The zero-order chi connectivity index (χ0) is 20.1. The number of nitrogens with one attached hydrogen (secondary N) is 3. The largest absolute Gasteiger partial charge is 0.385 e. The first-order valence-electron chi connectivity index (χ1n) is 9.96. The highest BCUT2D eigenvalue weighted by molar-refractivity contribution is 5.83. The van der Waals surface area contributed by atoms with Crippen molar-refractivity contribution in [2.75, 3.05) is 24.2 Å². The molecule has 2 aromatic carbocycles. The van der Waals surface area contributed by atoms with Gasteiger partial charge in [0.1, 0.15) is 0 Å². The molecule has 0 fully saturated rings. The lowest BCUT2D eigenvalue weighted by molar-refractivity contribution is 0.792. The van der Waals surface area contributed by atoms with Crippen LogP contribution in [0.15, 0.2) is 73.1 Å². The second kappa shape index (κ2) is 8.80. The molecule has 4 aromatic rings. The van der Waals surface area contributed by atoms with E-state index in [4.69, 9.17) is 0 Å². The first kappa shape index (κ1) is 19.0. The topological polar surface area (TPSA) is 53.9 Å². The van der Waals surface area contributed by atoms with Crippen molar-refractivity contribution in [1.29, 1.82) is 0 Å². The molecule has 0 aliphatic rings. The van der Waals surface area contributed by atoms with E-state index in [1.165, 1.54) is 16.5 Å². The Labute approximate surface area is 171 Å². The third kappa shape index (κ3) is 4.58. The molecule has 5 nitrogen and oxygen atoms in total. The van der Waals surface area contributed by atoms with Crippen LogP contribution in [0, 0.1) is 0 Å². The Hall–Kier alpha value is -3.31. The van der Waals surface area contributed by atoms with Gasteiger partial charge in [-0.1, -0.05) is 18.2 Å². The van der Waals surface area contributed by atoms with Crippen molar-refractivity contribution in [2.24, 2.45) is 7.05 Å². The van der Waals surface area contributed by atoms with Gasteiger partial charge in [0.25, 0.3) is 0 Å². The number of para-hydroxylation sites is 1. The molecule has 0 atom stereocenters. The predicted octanol–water partition coefficient (Wildman–Crippen LogP) is 4.69. The van der Waals surface area contributed by atoms with Gasteiger partial charge in [0.05, 0.1) is 5.69 Å². The molecular weight excluding hydrogens is 358 g/mol. The van der Waals surface area contributed by atoms with Crippen molar-refractivity contribution in [3.05, 3.63) is 84.3 Å². The number of hydrogen-bond acceptors (Lipinski definition) is 4. The first-order chi connectivity index (χ1) is 14.2. The van der Waals surface area contributed by atoms with Crippen LogP contribution in [0.25, 0.3) is 10.9 Å². The SMILES string of the molecule is CNCc1cc(Nc2ccc(NCCc3cn(C)c4ccccc34)cc2)ccn1. The first-order valence-corrected chi connectivity index (χ1v) is 9.96. The third-order valence-corrected chi connectivity index (χ3v) is 5.05. The lowest BCUT2D eigenvalue weighted by atomic mass is 10.1.